The van der Waals surface area contributed by atoms with Crippen LogP contribution in [0.25, 0.3) is 10.2 Å². The number of amides is 2. The van der Waals surface area contributed by atoms with E-state index in [1.54, 1.807) is 35.6 Å². The van der Waals surface area contributed by atoms with Crippen molar-refractivity contribution >= 4 is 33.4 Å². The highest BCUT2D eigenvalue weighted by Gasteiger charge is 2.22. The van der Waals surface area contributed by atoms with E-state index in [0.717, 1.165) is 30.2 Å². The quantitative estimate of drug-likeness (QED) is 0.722. The van der Waals surface area contributed by atoms with Crippen LogP contribution in [-0.2, 0) is 11.3 Å². The van der Waals surface area contributed by atoms with Crippen molar-refractivity contribution in [2.45, 2.75) is 6.54 Å². The molecule has 28 heavy (non-hydrogen) atoms. The number of para-hydroxylation sites is 1. The zero-order valence-electron chi connectivity index (χ0n) is 15.5. The van der Waals surface area contributed by atoms with Gasteiger partial charge in [-0.3, -0.25) is 14.5 Å². The highest BCUT2D eigenvalue weighted by atomic mass is 32.1. The van der Waals surface area contributed by atoms with Gasteiger partial charge in [0.25, 0.3) is 5.91 Å². The van der Waals surface area contributed by atoms with Gasteiger partial charge in [0, 0.05) is 31.7 Å². The van der Waals surface area contributed by atoms with E-state index in [9.17, 15) is 9.59 Å². The second kappa shape index (κ2) is 8.50. The SMILES string of the molecule is O=C(NCC(=O)N1CCN(Cc2nc3ccccc3s2)CC1)c1ccccc1. The first-order chi connectivity index (χ1) is 13.7. The molecule has 2 amide bonds. The molecule has 3 aromatic rings. The minimum atomic E-state index is -0.219. The molecule has 0 spiro atoms. The van der Waals surface area contributed by atoms with Gasteiger partial charge in [0.2, 0.25) is 5.91 Å². The Kier molecular flexibility index (Phi) is 5.64. The van der Waals surface area contributed by atoms with Crippen molar-refractivity contribution < 1.29 is 9.59 Å². The summed E-state index contributed by atoms with van der Waals surface area (Å²) in [4.78, 5) is 33.3. The number of carbonyl (C=O) groups excluding carboxylic acids is 2. The zero-order valence-corrected chi connectivity index (χ0v) is 16.3. The molecule has 144 valence electrons. The first-order valence-corrected chi connectivity index (χ1v) is 10.2. The Bertz CT molecular complexity index is 932. The third-order valence-electron chi connectivity index (χ3n) is 4.86. The van der Waals surface area contributed by atoms with Crippen molar-refractivity contribution in [2.24, 2.45) is 0 Å². The molecular weight excluding hydrogens is 372 g/mol. The molecule has 0 radical (unpaired) electrons. The second-order valence-corrected chi connectivity index (χ2v) is 7.90. The van der Waals surface area contributed by atoms with Crippen molar-refractivity contribution in [1.82, 2.24) is 20.1 Å². The maximum Gasteiger partial charge on any atom is 0.251 e. The Morgan fingerprint density at radius 1 is 0.964 bits per heavy atom. The molecule has 1 aromatic heterocycles. The lowest BCUT2D eigenvalue weighted by molar-refractivity contribution is -0.131. The Labute approximate surface area is 167 Å². The lowest BCUT2D eigenvalue weighted by atomic mass is 10.2. The summed E-state index contributed by atoms with van der Waals surface area (Å²) >= 11 is 1.73. The van der Waals surface area contributed by atoms with Crippen LogP contribution in [-0.4, -0.2) is 59.3 Å². The van der Waals surface area contributed by atoms with E-state index in [0.29, 0.717) is 18.7 Å². The number of aromatic nitrogens is 1. The monoisotopic (exact) mass is 394 g/mol. The Balaban J connectivity index is 1.24. The average molecular weight is 395 g/mol. The predicted octanol–water partition coefficient (Wildman–Crippen LogP) is 2.37. The lowest BCUT2D eigenvalue weighted by Crippen LogP contribution is -2.50. The normalized spacial score (nSPS) is 14.9. The maximum absolute atomic E-state index is 12.4. The molecule has 7 heteroatoms. The van der Waals surface area contributed by atoms with E-state index in [-0.39, 0.29) is 18.4 Å². The van der Waals surface area contributed by atoms with E-state index in [4.69, 9.17) is 0 Å². The summed E-state index contributed by atoms with van der Waals surface area (Å²) < 4.78 is 1.21. The molecule has 6 nitrogen and oxygen atoms in total. The standard InChI is InChI=1S/C21H22N4O2S/c26-20(14-22-21(27)16-6-2-1-3-7-16)25-12-10-24(11-13-25)15-19-23-17-8-4-5-9-18(17)28-19/h1-9H,10-15H2,(H,22,27). The molecule has 2 heterocycles. The molecular formula is C21H22N4O2S. The van der Waals surface area contributed by atoms with Crippen molar-refractivity contribution in [3.05, 3.63) is 65.2 Å². The summed E-state index contributed by atoms with van der Waals surface area (Å²) in [6, 6.07) is 17.1. The average Bonchev–Trinajstić information content (AvgIpc) is 3.15. The second-order valence-electron chi connectivity index (χ2n) is 6.78. The summed E-state index contributed by atoms with van der Waals surface area (Å²) in [6.07, 6.45) is 0. The Hall–Kier alpha value is -2.77. The maximum atomic E-state index is 12.4. The fraction of sp³-hybridized carbons (Fsp3) is 0.286. The minimum Gasteiger partial charge on any atom is -0.343 e. The van der Waals surface area contributed by atoms with Gasteiger partial charge in [0.1, 0.15) is 5.01 Å². The van der Waals surface area contributed by atoms with Gasteiger partial charge in [-0.15, -0.1) is 11.3 Å². The van der Waals surface area contributed by atoms with Crippen LogP contribution in [0, 0.1) is 0 Å². The largest absolute Gasteiger partial charge is 0.343 e. The van der Waals surface area contributed by atoms with Gasteiger partial charge in [-0.25, -0.2) is 4.98 Å². The summed E-state index contributed by atoms with van der Waals surface area (Å²) in [6.45, 7) is 3.82. The number of hydrogen-bond acceptors (Lipinski definition) is 5. The van der Waals surface area contributed by atoms with Gasteiger partial charge in [-0.1, -0.05) is 30.3 Å². The van der Waals surface area contributed by atoms with Gasteiger partial charge in [-0.2, -0.15) is 0 Å². The Morgan fingerprint density at radius 3 is 2.43 bits per heavy atom. The number of carbonyl (C=O) groups is 2. The number of fused-ring (bicyclic) bond motifs is 1. The van der Waals surface area contributed by atoms with Crippen LogP contribution in [0.4, 0.5) is 0 Å². The third kappa shape index (κ3) is 4.37. The summed E-state index contributed by atoms with van der Waals surface area (Å²) in [7, 11) is 0. The van der Waals surface area contributed by atoms with E-state index >= 15 is 0 Å². The fourth-order valence-corrected chi connectivity index (χ4v) is 4.30. The van der Waals surface area contributed by atoms with Gasteiger partial charge in [-0.05, 0) is 24.3 Å². The van der Waals surface area contributed by atoms with Gasteiger partial charge < -0.3 is 10.2 Å². The molecule has 0 bridgehead atoms. The van der Waals surface area contributed by atoms with E-state index < -0.39 is 0 Å². The number of piperazine rings is 1. The fourth-order valence-electron chi connectivity index (χ4n) is 3.29. The molecule has 4 rings (SSSR count). The minimum absolute atomic E-state index is 0.0333. The molecule has 1 aliphatic heterocycles. The van der Waals surface area contributed by atoms with Gasteiger partial charge in [0.15, 0.2) is 0 Å². The van der Waals surface area contributed by atoms with Crippen LogP contribution in [0.15, 0.2) is 54.6 Å². The molecule has 0 aliphatic carbocycles. The number of hydrogen-bond donors (Lipinski definition) is 1. The number of thiazole rings is 1. The molecule has 0 atom stereocenters. The van der Waals surface area contributed by atoms with Crippen molar-refractivity contribution in [2.75, 3.05) is 32.7 Å². The molecule has 2 aromatic carbocycles. The summed E-state index contributed by atoms with van der Waals surface area (Å²) in [5.74, 6) is -0.257. The van der Waals surface area contributed by atoms with E-state index in [1.807, 2.05) is 29.2 Å². The zero-order chi connectivity index (χ0) is 19.3. The van der Waals surface area contributed by atoms with Crippen LogP contribution in [0.3, 0.4) is 0 Å². The Morgan fingerprint density at radius 2 is 1.68 bits per heavy atom. The number of benzene rings is 2. The lowest BCUT2D eigenvalue weighted by Gasteiger charge is -2.34. The number of nitrogens with one attached hydrogen (secondary N) is 1. The van der Waals surface area contributed by atoms with Gasteiger partial charge >= 0.3 is 0 Å². The molecule has 1 N–H and O–H groups in total. The number of nitrogens with zero attached hydrogens (tertiary/aromatic N) is 3. The van der Waals surface area contributed by atoms with Crippen LogP contribution in [0.1, 0.15) is 15.4 Å². The third-order valence-corrected chi connectivity index (χ3v) is 5.88. The smallest absolute Gasteiger partial charge is 0.251 e. The van der Waals surface area contributed by atoms with Crippen LogP contribution < -0.4 is 5.32 Å². The van der Waals surface area contributed by atoms with Crippen molar-refractivity contribution in [3.8, 4) is 0 Å². The molecule has 1 aliphatic rings. The molecule has 0 saturated carbocycles. The van der Waals surface area contributed by atoms with E-state index in [1.165, 1.54) is 4.70 Å². The van der Waals surface area contributed by atoms with E-state index in [2.05, 4.69) is 21.3 Å². The van der Waals surface area contributed by atoms with Crippen molar-refractivity contribution in [3.63, 3.8) is 0 Å². The van der Waals surface area contributed by atoms with Crippen molar-refractivity contribution in [1.29, 1.82) is 0 Å². The number of rotatable bonds is 5. The van der Waals surface area contributed by atoms with Gasteiger partial charge in [0.05, 0.1) is 23.3 Å². The van der Waals surface area contributed by atoms with Crippen LogP contribution in [0.5, 0.6) is 0 Å². The highest BCUT2D eigenvalue weighted by molar-refractivity contribution is 7.18. The topological polar surface area (TPSA) is 65.5 Å². The summed E-state index contributed by atoms with van der Waals surface area (Å²) in [5, 5.41) is 3.82. The molecule has 0 unspecified atom stereocenters. The highest BCUT2D eigenvalue weighted by Crippen LogP contribution is 2.23. The van der Waals surface area contributed by atoms with Crippen LogP contribution in [0.2, 0.25) is 0 Å². The first-order valence-electron chi connectivity index (χ1n) is 9.37. The summed E-state index contributed by atoms with van der Waals surface area (Å²) in [5.41, 5.74) is 1.61. The molecule has 1 saturated heterocycles. The van der Waals surface area contributed by atoms with Crippen LogP contribution >= 0.6 is 11.3 Å². The predicted molar refractivity (Wildman–Crippen MR) is 110 cm³/mol. The molecule has 1 fully saturated rings. The first kappa shape index (κ1) is 18.6.